The largest absolute Gasteiger partial charge is 0.548 e. The molecule has 3 rings (SSSR count). The maximum absolute atomic E-state index is 12.3. The highest BCUT2D eigenvalue weighted by atomic mass is 32.2. The molecular weight excluding hydrogens is 328 g/mol. The average Bonchev–Trinajstić information content (AvgIpc) is 3.01. The number of carbonyl (C=O) groups is 3. The van der Waals surface area contributed by atoms with Crippen molar-refractivity contribution < 1.29 is 19.5 Å². The summed E-state index contributed by atoms with van der Waals surface area (Å²) in [5.41, 5.74) is 1.40. The van der Waals surface area contributed by atoms with Crippen LogP contribution >= 0.6 is 11.8 Å². The van der Waals surface area contributed by atoms with Gasteiger partial charge in [-0.1, -0.05) is 24.3 Å². The average molecular weight is 341 g/mol. The fourth-order valence-corrected chi connectivity index (χ4v) is 3.43. The number of imide groups is 1. The van der Waals surface area contributed by atoms with Crippen LogP contribution in [0.5, 0.6) is 0 Å². The van der Waals surface area contributed by atoms with Gasteiger partial charge in [0.15, 0.2) is 0 Å². The molecule has 6 nitrogen and oxygen atoms in total. The fourth-order valence-electron chi connectivity index (χ4n) is 2.59. The number of rotatable bonds is 5. The lowest BCUT2D eigenvalue weighted by atomic mass is 10.1. The molecule has 0 atom stereocenters. The molecule has 0 radical (unpaired) electrons. The van der Waals surface area contributed by atoms with Gasteiger partial charge in [0.05, 0.1) is 17.4 Å². The van der Waals surface area contributed by atoms with Crippen LogP contribution in [0.2, 0.25) is 0 Å². The number of nitrogens with zero attached hydrogens (tertiary/aromatic N) is 2. The number of thioether (sulfide) groups is 1. The van der Waals surface area contributed by atoms with Crippen molar-refractivity contribution in [2.24, 2.45) is 0 Å². The number of hydrogen-bond acceptors (Lipinski definition) is 5. The van der Waals surface area contributed by atoms with E-state index in [1.807, 2.05) is 12.1 Å². The molecule has 2 heterocycles. The van der Waals surface area contributed by atoms with E-state index >= 15 is 0 Å². The smallest absolute Gasteiger partial charge is 0.293 e. The highest BCUT2D eigenvalue weighted by Crippen LogP contribution is 2.33. The molecule has 1 aromatic heterocycles. The molecule has 122 valence electrons. The molecule has 1 aliphatic heterocycles. The maximum atomic E-state index is 12.3. The SMILES string of the molecule is C=CCN1C(=O)S/C(=C\c2cn(CC(=O)[O-])c3ccccc23)C1=O. The van der Waals surface area contributed by atoms with E-state index in [4.69, 9.17) is 0 Å². The summed E-state index contributed by atoms with van der Waals surface area (Å²) in [6.45, 7) is 3.41. The van der Waals surface area contributed by atoms with Crippen LogP contribution in [0, 0.1) is 0 Å². The molecular formula is C17H13N2O4S-. The third kappa shape index (κ3) is 2.85. The number of fused-ring (bicyclic) bond motifs is 1. The van der Waals surface area contributed by atoms with Gasteiger partial charge >= 0.3 is 0 Å². The first kappa shape index (κ1) is 16.1. The fraction of sp³-hybridized carbons (Fsp3) is 0.118. The zero-order chi connectivity index (χ0) is 17.3. The van der Waals surface area contributed by atoms with E-state index in [-0.39, 0.29) is 24.2 Å². The predicted octanol–water partition coefficient (Wildman–Crippen LogP) is 1.61. The Bertz CT molecular complexity index is 897. The van der Waals surface area contributed by atoms with Crippen molar-refractivity contribution in [2.75, 3.05) is 6.54 Å². The van der Waals surface area contributed by atoms with E-state index in [0.29, 0.717) is 10.5 Å². The van der Waals surface area contributed by atoms with Crippen molar-refractivity contribution in [3.8, 4) is 0 Å². The molecule has 1 aromatic carbocycles. The molecule has 1 fully saturated rings. The zero-order valence-electron chi connectivity index (χ0n) is 12.6. The Hall–Kier alpha value is -2.80. The number of carboxylic acids is 1. The van der Waals surface area contributed by atoms with E-state index in [1.54, 1.807) is 29.0 Å². The summed E-state index contributed by atoms with van der Waals surface area (Å²) < 4.78 is 1.55. The maximum Gasteiger partial charge on any atom is 0.293 e. The van der Waals surface area contributed by atoms with Crippen molar-refractivity contribution >= 4 is 45.9 Å². The number of carbonyl (C=O) groups excluding carboxylic acids is 3. The monoisotopic (exact) mass is 341 g/mol. The molecule has 2 amide bonds. The van der Waals surface area contributed by atoms with E-state index in [2.05, 4.69) is 6.58 Å². The van der Waals surface area contributed by atoms with Gasteiger partial charge in [0.1, 0.15) is 0 Å². The van der Waals surface area contributed by atoms with Gasteiger partial charge < -0.3 is 14.5 Å². The molecule has 2 aromatic rings. The van der Waals surface area contributed by atoms with Gasteiger partial charge in [0, 0.05) is 29.2 Å². The number of carboxylic acid groups (broad SMARTS) is 1. The molecule has 0 saturated carbocycles. The molecule has 0 spiro atoms. The molecule has 1 aliphatic rings. The van der Waals surface area contributed by atoms with Gasteiger partial charge in [-0.25, -0.2) is 0 Å². The van der Waals surface area contributed by atoms with Crippen molar-refractivity contribution in [3.05, 3.63) is 53.6 Å². The van der Waals surface area contributed by atoms with Crippen LogP contribution in [0.25, 0.3) is 17.0 Å². The van der Waals surface area contributed by atoms with Gasteiger partial charge in [-0.2, -0.15) is 0 Å². The van der Waals surface area contributed by atoms with Crippen LogP contribution in [-0.4, -0.2) is 33.1 Å². The Morgan fingerprint density at radius 2 is 2.04 bits per heavy atom. The summed E-state index contributed by atoms with van der Waals surface area (Å²) in [6.07, 6.45) is 4.75. The van der Waals surface area contributed by atoms with Gasteiger partial charge in [-0.3, -0.25) is 14.5 Å². The minimum atomic E-state index is -1.20. The quantitative estimate of drug-likeness (QED) is 0.609. The molecule has 0 unspecified atom stereocenters. The summed E-state index contributed by atoms with van der Waals surface area (Å²) in [5.74, 6) is -1.57. The van der Waals surface area contributed by atoms with Crippen molar-refractivity contribution in [1.29, 1.82) is 0 Å². The molecule has 24 heavy (non-hydrogen) atoms. The Morgan fingerprint density at radius 1 is 1.29 bits per heavy atom. The number of hydrogen-bond donors (Lipinski definition) is 0. The first-order valence-corrected chi connectivity index (χ1v) is 7.97. The molecule has 0 aliphatic carbocycles. The van der Waals surface area contributed by atoms with Crippen LogP contribution in [0.3, 0.4) is 0 Å². The Kier molecular flexibility index (Phi) is 4.26. The summed E-state index contributed by atoms with van der Waals surface area (Å²) in [4.78, 5) is 36.5. The second-order valence-electron chi connectivity index (χ2n) is 5.18. The molecule has 0 bridgehead atoms. The van der Waals surface area contributed by atoms with Crippen molar-refractivity contribution in [1.82, 2.24) is 9.47 Å². The number of para-hydroxylation sites is 1. The highest BCUT2D eigenvalue weighted by Gasteiger charge is 2.34. The van der Waals surface area contributed by atoms with Crippen molar-refractivity contribution in [3.63, 3.8) is 0 Å². The lowest BCUT2D eigenvalue weighted by Gasteiger charge is -2.07. The van der Waals surface area contributed by atoms with Crippen LogP contribution in [0.4, 0.5) is 4.79 Å². The summed E-state index contributed by atoms with van der Waals surface area (Å²) in [5, 5.41) is 11.4. The molecule has 0 N–H and O–H groups in total. The second-order valence-corrected chi connectivity index (χ2v) is 6.18. The lowest BCUT2D eigenvalue weighted by molar-refractivity contribution is -0.306. The van der Waals surface area contributed by atoms with Gasteiger partial charge in [-0.05, 0) is 23.9 Å². The van der Waals surface area contributed by atoms with Crippen molar-refractivity contribution in [2.45, 2.75) is 6.54 Å². The van der Waals surface area contributed by atoms with Gasteiger partial charge in [0.25, 0.3) is 11.1 Å². The van der Waals surface area contributed by atoms with Gasteiger partial charge in [-0.15, -0.1) is 6.58 Å². The minimum Gasteiger partial charge on any atom is -0.548 e. The number of benzene rings is 1. The summed E-state index contributed by atoms with van der Waals surface area (Å²) >= 11 is 0.861. The minimum absolute atomic E-state index is 0.161. The second kappa shape index (κ2) is 6.37. The predicted molar refractivity (Wildman–Crippen MR) is 89.8 cm³/mol. The van der Waals surface area contributed by atoms with Crippen LogP contribution in [0.15, 0.2) is 48.0 Å². The topological polar surface area (TPSA) is 82.4 Å². The first-order valence-electron chi connectivity index (χ1n) is 7.15. The summed E-state index contributed by atoms with van der Waals surface area (Å²) in [6, 6.07) is 7.25. The lowest BCUT2D eigenvalue weighted by Crippen LogP contribution is -2.27. The standard InChI is InChI=1S/C17H14N2O4S/c1-2-7-19-16(22)14(24-17(19)23)8-11-9-18(10-15(20)21)13-6-4-3-5-12(11)13/h2-6,8-9H,1,7,10H2,(H,20,21)/p-1/b14-8-. The third-order valence-corrected chi connectivity index (χ3v) is 4.50. The Balaban J connectivity index is 2.04. The number of aromatic nitrogens is 1. The van der Waals surface area contributed by atoms with E-state index < -0.39 is 5.97 Å². The molecule has 1 saturated heterocycles. The van der Waals surface area contributed by atoms with Crippen LogP contribution < -0.4 is 5.11 Å². The van der Waals surface area contributed by atoms with Crippen LogP contribution in [0.1, 0.15) is 5.56 Å². The van der Waals surface area contributed by atoms with E-state index in [0.717, 1.165) is 27.6 Å². The van der Waals surface area contributed by atoms with Gasteiger partial charge in [0.2, 0.25) is 0 Å². The number of amides is 2. The zero-order valence-corrected chi connectivity index (χ0v) is 13.4. The third-order valence-electron chi connectivity index (χ3n) is 3.59. The first-order chi connectivity index (χ1) is 11.5. The normalized spacial score (nSPS) is 16.3. The Morgan fingerprint density at radius 3 is 2.75 bits per heavy atom. The van der Waals surface area contributed by atoms with Crippen LogP contribution in [-0.2, 0) is 16.1 Å². The van der Waals surface area contributed by atoms with E-state index in [1.165, 1.54) is 6.08 Å². The summed E-state index contributed by atoms with van der Waals surface area (Å²) in [7, 11) is 0. The highest BCUT2D eigenvalue weighted by molar-refractivity contribution is 8.18. The number of aliphatic carboxylic acids is 1. The Labute approximate surface area is 142 Å². The van der Waals surface area contributed by atoms with E-state index in [9.17, 15) is 19.5 Å². The molecule has 7 heteroatoms.